The van der Waals surface area contributed by atoms with Crippen LogP contribution in [0.4, 0.5) is 0 Å². The first-order valence-corrected chi connectivity index (χ1v) is 6.39. The molecule has 4 nitrogen and oxygen atoms in total. The first-order valence-electron chi connectivity index (χ1n) is 6.39. The van der Waals surface area contributed by atoms with Gasteiger partial charge in [0.25, 0.3) is 0 Å². The molecule has 2 unspecified atom stereocenters. The molecule has 2 atom stereocenters. The lowest BCUT2D eigenvalue weighted by Gasteiger charge is -2.34. The number of nitriles is 1. The van der Waals surface area contributed by atoms with Crippen molar-refractivity contribution in [2.45, 2.75) is 39.2 Å². The van der Waals surface area contributed by atoms with Crippen LogP contribution in [0.5, 0.6) is 0 Å². The number of amides is 1. The Morgan fingerprint density at radius 2 is 2.06 bits per heavy atom. The topological polar surface area (TPSA) is 53.3 Å². The van der Waals surface area contributed by atoms with Gasteiger partial charge in [-0.15, -0.1) is 0 Å². The number of ether oxygens (including phenoxy) is 1. The second kappa shape index (κ2) is 4.66. The average Bonchev–Trinajstić information content (AvgIpc) is 2.68. The van der Waals surface area contributed by atoms with E-state index in [1.165, 1.54) is 0 Å². The normalized spacial score (nSPS) is 32.2. The third-order valence-electron chi connectivity index (χ3n) is 4.01. The van der Waals surface area contributed by atoms with Crippen molar-refractivity contribution in [1.82, 2.24) is 4.90 Å². The van der Waals surface area contributed by atoms with Crippen molar-refractivity contribution in [3.05, 3.63) is 0 Å². The summed E-state index contributed by atoms with van der Waals surface area (Å²) in [6.07, 6.45) is 2.13. The third-order valence-corrected chi connectivity index (χ3v) is 4.01. The van der Waals surface area contributed by atoms with Crippen LogP contribution in [0.1, 0.15) is 33.1 Å². The Hall–Kier alpha value is -1.08. The highest BCUT2D eigenvalue weighted by Gasteiger charge is 2.45. The van der Waals surface area contributed by atoms with Crippen LogP contribution in [0.2, 0.25) is 0 Å². The summed E-state index contributed by atoms with van der Waals surface area (Å²) >= 11 is 0. The highest BCUT2D eigenvalue weighted by Crippen LogP contribution is 2.35. The second-order valence-electron chi connectivity index (χ2n) is 5.45. The molecule has 0 radical (unpaired) electrons. The van der Waals surface area contributed by atoms with Gasteiger partial charge >= 0.3 is 0 Å². The summed E-state index contributed by atoms with van der Waals surface area (Å²) in [6, 6.07) is 2.53. The molecular weight excluding hydrogens is 216 g/mol. The molecule has 0 aliphatic carbocycles. The summed E-state index contributed by atoms with van der Waals surface area (Å²) in [6.45, 7) is 6.08. The van der Waals surface area contributed by atoms with E-state index >= 15 is 0 Å². The van der Waals surface area contributed by atoms with Gasteiger partial charge in [0.05, 0.1) is 6.07 Å². The third kappa shape index (κ3) is 2.16. The Bertz CT molecular complexity index is 342. The van der Waals surface area contributed by atoms with Crippen LogP contribution in [0.3, 0.4) is 0 Å². The smallest absolute Gasteiger partial charge is 0.243 e. The number of carbonyl (C=O) groups excluding carboxylic acids is 1. The molecule has 17 heavy (non-hydrogen) atoms. The lowest BCUT2D eigenvalue weighted by Crippen LogP contribution is -2.47. The Morgan fingerprint density at radius 1 is 1.41 bits per heavy atom. The molecule has 0 saturated carbocycles. The highest BCUT2D eigenvalue weighted by molar-refractivity contribution is 5.86. The van der Waals surface area contributed by atoms with Gasteiger partial charge in [-0.1, -0.05) is 6.92 Å². The summed E-state index contributed by atoms with van der Waals surface area (Å²) in [4.78, 5) is 14.5. The van der Waals surface area contributed by atoms with Crippen molar-refractivity contribution < 1.29 is 9.53 Å². The summed E-state index contributed by atoms with van der Waals surface area (Å²) in [5.74, 6) is 0.574. The summed E-state index contributed by atoms with van der Waals surface area (Å²) in [7, 11) is 0. The number of carbonyl (C=O) groups is 1. The van der Waals surface area contributed by atoms with E-state index in [2.05, 4.69) is 19.9 Å². The van der Waals surface area contributed by atoms with Crippen LogP contribution in [-0.4, -0.2) is 36.6 Å². The number of likely N-dealkylation sites (tertiary alicyclic amines) is 1. The van der Waals surface area contributed by atoms with E-state index in [1.807, 2.05) is 4.90 Å². The Balaban J connectivity index is 2.15. The molecule has 2 aliphatic heterocycles. The summed E-state index contributed by atoms with van der Waals surface area (Å²) in [5, 5.41) is 9.37. The Morgan fingerprint density at radius 3 is 2.53 bits per heavy atom. The molecule has 2 saturated heterocycles. The van der Waals surface area contributed by atoms with Crippen LogP contribution in [-0.2, 0) is 9.53 Å². The molecule has 2 heterocycles. The number of nitrogens with zero attached hydrogens (tertiary/aromatic N) is 2. The highest BCUT2D eigenvalue weighted by atomic mass is 16.5. The van der Waals surface area contributed by atoms with Crippen LogP contribution in [0, 0.1) is 22.7 Å². The van der Waals surface area contributed by atoms with Crippen molar-refractivity contribution in [2.75, 3.05) is 19.8 Å². The average molecular weight is 236 g/mol. The predicted octanol–water partition coefficient (Wildman–Crippen LogP) is 1.56. The fraction of sp³-hybridized carbons (Fsp3) is 0.846. The largest absolute Gasteiger partial charge is 0.381 e. The van der Waals surface area contributed by atoms with E-state index in [4.69, 9.17) is 4.74 Å². The van der Waals surface area contributed by atoms with E-state index in [9.17, 15) is 10.1 Å². The molecule has 0 N–H and O–H groups in total. The molecule has 0 aromatic rings. The van der Waals surface area contributed by atoms with Crippen LogP contribution in [0.25, 0.3) is 0 Å². The molecule has 2 rings (SSSR count). The zero-order valence-electron chi connectivity index (χ0n) is 10.6. The van der Waals surface area contributed by atoms with E-state index in [0.717, 1.165) is 13.0 Å². The van der Waals surface area contributed by atoms with Crippen molar-refractivity contribution >= 4 is 5.91 Å². The fourth-order valence-electron chi connectivity index (χ4n) is 2.95. The van der Waals surface area contributed by atoms with Gasteiger partial charge in [-0.3, -0.25) is 4.79 Å². The van der Waals surface area contributed by atoms with Gasteiger partial charge in [-0.05, 0) is 32.1 Å². The van der Waals surface area contributed by atoms with Crippen molar-refractivity contribution in [3.8, 4) is 6.07 Å². The van der Waals surface area contributed by atoms with E-state index in [-0.39, 0.29) is 11.9 Å². The molecule has 94 valence electrons. The standard InChI is InChI=1S/C13H20N2O2/c1-10-7-11(2)15(8-10)12(16)13(9-14)3-5-17-6-4-13/h10-11H,3-8H2,1-2H3. The van der Waals surface area contributed by atoms with Crippen LogP contribution >= 0.6 is 0 Å². The summed E-state index contributed by atoms with van der Waals surface area (Å²) < 4.78 is 5.27. The number of hydrogen-bond donors (Lipinski definition) is 0. The quantitative estimate of drug-likeness (QED) is 0.694. The molecule has 2 aliphatic rings. The van der Waals surface area contributed by atoms with Crippen LogP contribution in [0.15, 0.2) is 0 Å². The van der Waals surface area contributed by atoms with Gasteiger partial charge < -0.3 is 9.64 Å². The second-order valence-corrected chi connectivity index (χ2v) is 5.45. The maximum absolute atomic E-state index is 12.6. The Kier molecular flexibility index (Phi) is 3.39. The van der Waals surface area contributed by atoms with Gasteiger partial charge in [0.1, 0.15) is 5.41 Å². The van der Waals surface area contributed by atoms with E-state index in [1.54, 1.807) is 0 Å². The zero-order valence-corrected chi connectivity index (χ0v) is 10.6. The molecule has 0 bridgehead atoms. The maximum atomic E-state index is 12.6. The van der Waals surface area contributed by atoms with Gasteiger partial charge in [-0.2, -0.15) is 5.26 Å². The molecule has 1 amide bonds. The number of hydrogen-bond acceptors (Lipinski definition) is 3. The molecule has 0 spiro atoms. The van der Waals surface area contributed by atoms with E-state index < -0.39 is 5.41 Å². The molecule has 0 aromatic heterocycles. The molecule has 4 heteroatoms. The lowest BCUT2D eigenvalue weighted by molar-refractivity contribution is -0.144. The molecular formula is C13H20N2O2. The molecule has 0 aromatic carbocycles. The maximum Gasteiger partial charge on any atom is 0.243 e. The van der Waals surface area contributed by atoms with E-state index in [0.29, 0.717) is 32.0 Å². The Labute approximate surface area is 103 Å². The minimum Gasteiger partial charge on any atom is -0.381 e. The summed E-state index contributed by atoms with van der Waals surface area (Å²) in [5.41, 5.74) is -0.823. The van der Waals surface area contributed by atoms with Crippen molar-refractivity contribution in [3.63, 3.8) is 0 Å². The van der Waals surface area contributed by atoms with Crippen molar-refractivity contribution in [1.29, 1.82) is 5.26 Å². The SMILES string of the molecule is CC1CC(C)N(C(=O)C2(C#N)CCOCC2)C1. The predicted molar refractivity (Wildman–Crippen MR) is 63.1 cm³/mol. The zero-order chi connectivity index (χ0) is 12.5. The van der Waals surface area contributed by atoms with Gasteiger partial charge in [-0.25, -0.2) is 0 Å². The van der Waals surface area contributed by atoms with Gasteiger partial charge in [0.15, 0.2) is 0 Å². The first kappa shape index (κ1) is 12.4. The number of rotatable bonds is 1. The van der Waals surface area contributed by atoms with Gasteiger partial charge in [0, 0.05) is 25.8 Å². The fourth-order valence-corrected chi connectivity index (χ4v) is 2.95. The van der Waals surface area contributed by atoms with Crippen LogP contribution < -0.4 is 0 Å². The first-order chi connectivity index (χ1) is 8.09. The van der Waals surface area contributed by atoms with Gasteiger partial charge in [0.2, 0.25) is 5.91 Å². The molecule has 2 fully saturated rings. The minimum absolute atomic E-state index is 0.0279. The minimum atomic E-state index is -0.823. The van der Waals surface area contributed by atoms with Crippen molar-refractivity contribution in [2.24, 2.45) is 11.3 Å². The monoisotopic (exact) mass is 236 g/mol. The lowest BCUT2D eigenvalue weighted by atomic mass is 9.80.